The Labute approximate surface area is 164 Å². The molecule has 4 rings (SSSR count). The van der Waals surface area contributed by atoms with Crippen molar-refractivity contribution < 1.29 is 13.9 Å². The van der Waals surface area contributed by atoms with Crippen LogP contribution in [0.25, 0.3) is 0 Å². The third-order valence-corrected chi connectivity index (χ3v) is 4.91. The summed E-state index contributed by atoms with van der Waals surface area (Å²) in [5, 5.41) is 3.47. The standard InChI is InChI=1S/C23H23FN2O2/c24-19-10-12-20(13-11-19)27-23-21(9-5-15-26-23)28-22(17-6-2-1-3-7-17)18-8-4-14-25-16-18/h1-3,5-7,9-13,15,18,22,25H,4,8,14,16H2. The molecule has 5 heteroatoms. The summed E-state index contributed by atoms with van der Waals surface area (Å²) in [7, 11) is 0. The molecule has 1 aliphatic rings. The summed E-state index contributed by atoms with van der Waals surface area (Å²) in [4.78, 5) is 4.33. The van der Waals surface area contributed by atoms with Gasteiger partial charge in [-0.25, -0.2) is 9.37 Å². The van der Waals surface area contributed by atoms with Gasteiger partial charge in [-0.05, 0) is 61.3 Å². The molecule has 0 bridgehead atoms. The fourth-order valence-electron chi connectivity index (χ4n) is 3.51. The number of rotatable bonds is 6. The first-order valence-corrected chi connectivity index (χ1v) is 9.60. The van der Waals surface area contributed by atoms with Crippen molar-refractivity contribution in [2.45, 2.75) is 18.9 Å². The fraction of sp³-hybridized carbons (Fsp3) is 0.261. The Bertz CT molecular complexity index is 881. The maximum atomic E-state index is 13.2. The lowest BCUT2D eigenvalue weighted by molar-refractivity contribution is 0.112. The van der Waals surface area contributed by atoms with E-state index in [9.17, 15) is 4.39 Å². The van der Waals surface area contributed by atoms with E-state index >= 15 is 0 Å². The number of benzene rings is 2. The number of hydrogen-bond acceptors (Lipinski definition) is 4. The van der Waals surface area contributed by atoms with Crippen LogP contribution in [0, 0.1) is 11.7 Å². The number of ether oxygens (including phenoxy) is 2. The second-order valence-electron chi connectivity index (χ2n) is 6.92. The largest absolute Gasteiger partial charge is 0.480 e. The van der Waals surface area contributed by atoms with Gasteiger partial charge in [0, 0.05) is 18.7 Å². The van der Waals surface area contributed by atoms with Gasteiger partial charge in [0.1, 0.15) is 17.7 Å². The molecule has 1 aliphatic heterocycles. The van der Waals surface area contributed by atoms with Crippen LogP contribution >= 0.6 is 0 Å². The number of piperidine rings is 1. The lowest BCUT2D eigenvalue weighted by Gasteiger charge is -2.31. The van der Waals surface area contributed by atoms with E-state index in [1.165, 1.54) is 12.1 Å². The molecule has 0 amide bonds. The summed E-state index contributed by atoms with van der Waals surface area (Å²) < 4.78 is 25.5. The topological polar surface area (TPSA) is 43.4 Å². The molecule has 2 unspecified atom stereocenters. The van der Waals surface area contributed by atoms with Gasteiger partial charge in [-0.1, -0.05) is 30.3 Å². The minimum atomic E-state index is -0.307. The van der Waals surface area contributed by atoms with Crippen LogP contribution in [0.3, 0.4) is 0 Å². The van der Waals surface area contributed by atoms with Crippen LogP contribution in [0.15, 0.2) is 72.9 Å². The van der Waals surface area contributed by atoms with Gasteiger partial charge in [0.05, 0.1) is 0 Å². The molecular formula is C23H23FN2O2. The van der Waals surface area contributed by atoms with Crippen LogP contribution in [0.2, 0.25) is 0 Å². The van der Waals surface area contributed by atoms with E-state index in [0.29, 0.717) is 23.3 Å². The third kappa shape index (κ3) is 4.49. The minimum Gasteiger partial charge on any atom is -0.480 e. The first kappa shape index (κ1) is 18.4. The van der Waals surface area contributed by atoms with Crippen molar-refractivity contribution in [3.8, 4) is 17.4 Å². The molecule has 4 nitrogen and oxygen atoms in total. The Morgan fingerprint density at radius 1 is 1.00 bits per heavy atom. The highest BCUT2D eigenvalue weighted by Crippen LogP contribution is 2.37. The van der Waals surface area contributed by atoms with E-state index in [1.807, 2.05) is 30.3 Å². The zero-order valence-electron chi connectivity index (χ0n) is 15.6. The van der Waals surface area contributed by atoms with Gasteiger partial charge in [0.25, 0.3) is 5.88 Å². The molecule has 1 aromatic heterocycles. The summed E-state index contributed by atoms with van der Waals surface area (Å²) in [5.74, 6) is 1.51. The maximum Gasteiger partial charge on any atom is 0.262 e. The lowest BCUT2D eigenvalue weighted by atomic mass is 9.89. The molecule has 1 saturated heterocycles. The summed E-state index contributed by atoms with van der Waals surface area (Å²) in [6, 6.07) is 19.8. The average molecular weight is 378 g/mol. The quantitative estimate of drug-likeness (QED) is 0.646. The molecule has 0 aliphatic carbocycles. The molecular weight excluding hydrogens is 355 g/mol. The Morgan fingerprint density at radius 3 is 2.57 bits per heavy atom. The molecule has 2 heterocycles. The van der Waals surface area contributed by atoms with E-state index in [2.05, 4.69) is 22.4 Å². The number of aromatic nitrogens is 1. The molecule has 0 radical (unpaired) electrons. The Hall–Kier alpha value is -2.92. The number of nitrogens with zero attached hydrogens (tertiary/aromatic N) is 1. The molecule has 2 aromatic carbocycles. The lowest BCUT2D eigenvalue weighted by Crippen LogP contribution is -2.35. The molecule has 1 fully saturated rings. The third-order valence-electron chi connectivity index (χ3n) is 4.91. The molecule has 0 spiro atoms. The fourth-order valence-corrected chi connectivity index (χ4v) is 3.51. The average Bonchev–Trinajstić information content (AvgIpc) is 2.76. The maximum absolute atomic E-state index is 13.2. The van der Waals surface area contributed by atoms with E-state index < -0.39 is 0 Å². The van der Waals surface area contributed by atoms with E-state index in [4.69, 9.17) is 9.47 Å². The number of hydrogen-bond donors (Lipinski definition) is 1. The van der Waals surface area contributed by atoms with Gasteiger partial charge in [-0.2, -0.15) is 0 Å². The smallest absolute Gasteiger partial charge is 0.262 e. The summed E-state index contributed by atoms with van der Waals surface area (Å²) in [6.45, 7) is 1.96. The van der Waals surface area contributed by atoms with Crippen molar-refractivity contribution in [1.82, 2.24) is 10.3 Å². The monoisotopic (exact) mass is 378 g/mol. The number of halogens is 1. The van der Waals surface area contributed by atoms with Gasteiger partial charge >= 0.3 is 0 Å². The van der Waals surface area contributed by atoms with Crippen molar-refractivity contribution in [1.29, 1.82) is 0 Å². The number of nitrogens with one attached hydrogen (secondary N) is 1. The molecule has 1 N–H and O–H groups in total. The SMILES string of the molecule is Fc1ccc(Oc2ncccc2OC(c2ccccc2)C2CCCNC2)cc1. The zero-order valence-corrected chi connectivity index (χ0v) is 15.6. The highest BCUT2D eigenvalue weighted by molar-refractivity contribution is 5.38. The molecule has 2 atom stereocenters. The predicted octanol–water partition coefficient (Wildman–Crippen LogP) is 5.13. The highest BCUT2D eigenvalue weighted by Gasteiger charge is 2.28. The second kappa shape index (κ2) is 8.85. The van der Waals surface area contributed by atoms with E-state index in [-0.39, 0.29) is 11.9 Å². The van der Waals surface area contributed by atoms with Crippen molar-refractivity contribution >= 4 is 0 Å². The van der Waals surface area contributed by atoms with Crippen molar-refractivity contribution in [3.63, 3.8) is 0 Å². The van der Waals surface area contributed by atoms with Gasteiger partial charge < -0.3 is 14.8 Å². The van der Waals surface area contributed by atoms with Crippen molar-refractivity contribution in [3.05, 3.63) is 84.3 Å². The second-order valence-corrected chi connectivity index (χ2v) is 6.92. The predicted molar refractivity (Wildman–Crippen MR) is 106 cm³/mol. The van der Waals surface area contributed by atoms with Crippen LogP contribution in [0.5, 0.6) is 17.4 Å². The minimum absolute atomic E-state index is 0.103. The van der Waals surface area contributed by atoms with Crippen LogP contribution in [0.4, 0.5) is 4.39 Å². The first-order chi connectivity index (χ1) is 13.8. The molecule has 0 saturated carbocycles. The van der Waals surface area contributed by atoms with Gasteiger partial charge in [0.2, 0.25) is 0 Å². The molecule has 28 heavy (non-hydrogen) atoms. The Morgan fingerprint density at radius 2 is 1.82 bits per heavy atom. The van der Waals surface area contributed by atoms with Gasteiger partial charge in [0.15, 0.2) is 5.75 Å². The van der Waals surface area contributed by atoms with Crippen LogP contribution in [0.1, 0.15) is 24.5 Å². The van der Waals surface area contributed by atoms with E-state index in [1.54, 1.807) is 18.3 Å². The summed E-state index contributed by atoms with van der Waals surface area (Å²) in [6.07, 6.45) is 3.78. The van der Waals surface area contributed by atoms with Crippen LogP contribution < -0.4 is 14.8 Å². The Balaban J connectivity index is 1.60. The first-order valence-electron chi connectivity index (χ1n) is 9.60. The van der Waals surface area contributed by atoms with Crippen molar-refractivity contribution in [2.75, 3.05) is 13.1 Å². The van der Waals surface area contributed by atoms with Crippen LogP contribution in [-0.4, -0.2) is 18.1 Å². The van der Waals surface area contributed by atoms with Crippen molar-refractivity contribution in [2.24, 2.45) is 5.92 Å². The summed E-state index contributed by atoms with van der Waals surface area (Å²) >= 11 is 0. The van der Waals surface area contributed by atoms with Gasteiger partial charge in [-0.3, -0.25) is 0 Å². The molecule has 144 valence electrons. The normalized spacial score (nSPS) is 17.7. The number of pyridine rings is 1. The summed E-state index contributed by atoms with van der Waals surface area (Å²) in [5.41, 5.74) is 1.13. The molecule has 3 aromatic rings. The zero-order chi connectivity index (χ0) is 19.2. The highest BCUT2D eigenvalue weighted by atomic mass is 19.1. The Kier molecular flexibility index (Phi) is 5.83. The van der Waals surface area contributed by atoms with Gasteiger partial charge in [-0.15, -0.1) is 0 Å². The van der Waals surface area contributed by atoms with Crippen LogP contribution in [-0.2, 0) is 0 Å². The van der Waals surface area contributed by atoms with E-state index in [0.717, 1.165) is 31.5 Å².